The summed E-state index contributed by atoms with van der Waals surface area (Å²) in [4.78, 5) is 21.0. The lowest BCUT2D eigenvalue weighted by Gasteiger charge is -2.11. The number of aromatic nitrogens is 2. The van der Waals surface area contributed by atoms with Gasteiger partial charge in [-0.25, -0.2) is 9.97 Å². The molecule has 34 heavy (non-hydrogen) atoms. The molecule has 4 N–H and O–H groups in total. The highest BCUT2D eigenvalue weighted by atomic mass is 35.5. The van der Waals surface area contributed by atoms with Gasteiger partial charge in [0.1, 0.15) is 0 Å². The lowest BCUT2D eigenvalue weighted by atomic mass is 10.1. The van der Waals surface area contributed by atoms with Crippen molar-refractivity contribution in [2.24, 2.45) is 5.73 Å². The third-order valence-corrected chi connectivity index (χ3v) is 5.10. The summed E-state index contributed by atoms with van der Waals surface area (Å²) in [5, 5.41) is 6.21. The van der Waals surface area contributed by atoms with E-state index in [9.17, 15) is 4.79 Å². The van der Waals surface area contributed by atoms with Gasteiger partial charge in [0.2, 0.25) is 11.9 Å². The second-order valence-corrected chi connectivity index (χ2v) is 7.51. The number of nitrogens with zero attached hydrogens (tertiary/aromatic N) is 2. The smallest absolute Gasteiger partial charge is 0.224 e. The first kappa shape index (κ1) is 26.9. The second kappa shape index (κ2) is 14.0. The van der Waals surface area contributed by atoms with Crippen molar-refractivity contribution < 1.29 is 14.3 Å². The van der Waals surface area contributed by atoms with Gasteiger partial charge in [0.05, 0.1) is 19.9 Å². The van der Waals surface area contributed by atoms with Crippen LogP contribution in [-0.4, -0.2) is 43.2 Å². The van der Waals surface area contributed by atoms with E-state index in [-0.39, 0.29) is 18.3 Å². The molecule has 1 amide bonds. The van der Waals surface area contributed by atoms with E-state index in [1.54, 1.807) is 20.4 Å². The molecule has 0 aliphatic heterocycles. The lowest BCUT2D eigenvalue weighted by molar-refractivity contribution is -0.116. The highest BCUT2D eigenvalue weighted by Crippen LogP contribution is 2.27. The number of anilines is 2. The lowest BCUT2D eigenvalue weighted by Crippen LogP contribution is -2.12. The van der Waals surface area contributed by atoms with Gasteiger partial charge in [-0.15, -0.1) is 12.4 Å². The number of ether oxygens (including phenoxy) is 2. The number of methoxy groups -OCH3 is 2. The van der Waals surface area contributed by atoms with Crippen LogP contribution in [0, 0.1) is 0 Å². The Labute approximate surface area is 206 Å². The van der Waals surface area contributed by atoms with Crippen LogP contribution in [0.2, 0.25) is 0 Å². The molecule has 0 aliphatic carbocycles. The van der Waals surface area contributed by atoms with Gasteiger partial charge in [-0.1, -0.05) is 18.2 Å². The van der Waals surface area contributed by atoms with E-state index in [1.165, 1.54) is 0 Å². The Balaban J connectivity index is 0.00000408. The number of rotatable bonds is 12. The molecular weight excluding hydrogens is 454 g/mol. The molecule has 9 heteroatoms. The van der Waals surface area contributed by atoms with Crippen LogP contribution >= 0.6 is 12.4 Å². The number of carbonyl (C=O) groups excluding carboxylic acids is 1. The zero-order valence-electron chi connectivity index (χ0n) is 19.5. The van der Waals surface area contributed by atoms with E-state index < -0.39 is 0 Å². The molecule has 8 nitrogen and oxygen atoms in total. The molecule has 2 aromatic carbocycles. The van der Waals surface area contributed by atoms with Crippen LogP contribution in [0.3, 0.4) is 0 Å². The minimum Gasteiger partial charge on any atom is -0.493 e. The zero-order chi connectivity index (χ0) is 23.5. The zero-order valence-corrected chi connectivity index (χ0v) is 20.4. The van der Waals surface area contributed by atoms with Crippen LogP contribution in [0.5, 0.6) is 11.5 Å². The van der Waals surface area contributed by atoms with Gasteiger partial charge in [0.25, 0.3) is 0 Å². The topological polar surface area (TPSA) is 111 Å². The summed E-state index contributed by atoms with van der Waals surface area (Å²) >= 11 is 0. The SMILES string of the molecule is COc1ccc(CCNc2nccc(-c3cccc(NC(=O)CCCCN)c3)n2)cc1OC.Cl. The van der Waals surface area contributed by atoms with E-state index in [0.29, 0.717) is 37.0 Å². The van der Waals surface area contributed by atoms with Gasteiger partial charge < -0.3 is 25.8 Å². The van der Waals surface area contributed by atoms with Crippen LogP contribution in [0.4, 0.5) is 11.6 Å². The Morgan fingerprint density at radius 3 is 2.62 bits per heavy atom. The van der Waals surface area contributed by atoms with Gasteiger partial charge in [-0.2, -0.15) is 0 Å². The van der Waals surface area contributed by atoms with Crippen molar-refractivity contribution in [2.75, 3.05) is 37.9 Å². The average molecular weight is 486 g/mol. The highest BCUT2D eigenvalue weighted by molar-refractivity contribution is 5.91. The first-order valence-electron chi connectivity index (χ1n) is 11.0. The van der Waals surface area contributed by atoms with Crippen molar-refractivity contribution in [2.45, 2.75) is 25.7 Å². The van der Waals surface area contributed by atoms with Crippen LogP contribution < -0.4 is 25.8 Å². The second-order valence-electron chi connectivity index (χ2n) is 7.51. The number of carbonyl (C=O) groups is 1. The summed E-state index contributed by atoms with van der Waals surface area (Å²) < 4.78 is 10.6. The molecule has 0 fully saturated rings. The van der Waals surface area contributed by atoms with Gasteiger partial charge in [0, 0.05) is 30.4 Å². The van der Waals surface area contributed by atoms with Crippen LogP contribution in [0.15, 0.2) is 54.7 Å². The Kier molecular flexibility index (Phi) is 11.1. The van der Waals surface area contributed by atoms with Crippen LogP contribution in [0.25, 0.3) is 11.3 Å². The van der Waals surface area contributed by atoms with Gasteiger partial charge >= 0.3 is 0 Å². The summed E-state index contributed by atoms with van der Waals surface area (Å²) in [7, 11) is 3.25. The maximum absolute atomic E-state index is 12.1. The molecule has 3 rings (SSSR count). The number of hydrogen-bond donors (Lipinski definition) is 3. The molecule has 0 spiro atoms. The monoisotopic (exact) mass is 485 g/mol. The molecule has 0 atom stereocenters. The molecule has 0 aliphatic rings. The Hall–Kier alpha value is -3.36. The molecule has 0 saturated heterocycles. The normalized spacial score (nSPS) is 10.2. The minimum atomic E-state index is -0.0131. The fraction of sp³-hybridized carbons (Fsp3) is 0.320. The number of halogens is 1. The maximum Gasteiger partial charge on any atom is 0.224 e. The van der Waals surface area contributed by atoms with E-state index in [0.717, 1.165) is 41.8 Å². The fourth-order valence-corrected chi connectivity index (χ4v) is 3.37. The standard InChI is InChI=1S/C25H31N5O3.ClH/c1-32-22-10-9-18(16-23(22)33-2)11-14-27-25-28-15-12-21(30-25)19-6-5-7-20(17-19)29-24(31)8-3-4-13-26;/h5-7,9-10,12,15-17H,3-4,8,11,13-14,26H2,1-2H3,(H,29,31)(H,27,28,30);1H. The Morgan fingerprint density at radius 2 is 1.85 bits per heavy atom. The summed E-state index contributed by atoms with van der Waals surface area (Å²) in [6, 6.07) is 15.4. The van der Waals surface area contributed by atoms with E-state index in [2.05, 4.69) is 20.6 Å². The number of benzene rings is 2. The van der Waals surface area contributed by atoms with E-state index in [1.807, 2.05) is 48.5 Å². The van der Waals surface area contributed by atoms with Crippen molar-refractivity contribution >= 4 is 29.9 Å². The molecule has 182 valence electrons. The van der Waals surface area contributed by atoms with Crippen molar-refractivity contribution in [1.82, 2.24) is 9.97 Å². The van der Waals surface area contributed by atoms with Crippen molar-refractivity contribution in [3.63, 3.8) is 0 Å². The van der Waals surface area contributed by atoms with Gasteiger partial charge in [0.15, 0.2) is 11.5 Å². The number of amides is 1. The molecular formula is C25H32ClN5O3. The predicted octanol–water partition coefficient (Wildman–Crippen LogP) is 4.30. The maximum atomic E-state index is 12.1. The quantitative estimate of drug-likeness (QED) is 0.328. The Bertz CT molecular complexity index is 1060. The number of unbranched alkanes of at least 4 members (excludes halogenated alkanes) is 1. The molecule has 1 aromatic heterocycles. The Morgan fingerprint density at radius 1 is 1.03 bits per heavy atom. The highest BCUT2D eigenvalue weighted by Gasteiger charge is 2.07. The first-order valence-corrected chi connectivity index (χ1v) is 11.0. The van der Waals surface area contributed by atoms with Crippen molar-refractivity contribution in [3.8, 4) is 22.8 Å². The molecule has 3 aromatic rings. The number of hydrogen-bond acceptors (Lipinski definition) is 7. The van der Waals surface area contributed by atoms with Crippen LogP contribution in [-0.2, 0) is 11.2 Å². The number of nitrogens with two attached hydrogens (primary N) is 1. The third kappa shape index (κ3) is 7.90. The molecule has 0 unspecified atom stereocenters. The minimum absolute atomic E-state index is 0. The predicted molar refractivity (Wildman–Crippen MR) is 138 cm³/mol. The van der Waals surface area contributed by atoms with E-state index >= 15 is 0 Å². The molecule has 0 radical (unpaired) electrons. The average Bonchev–Trinajstić information content (AvgIpc) is 2.84. The summed E-state index contributed by atoms with van der Waals surface area (Å²) in [5.41, 5.74) is 9.03. The van der Waals surface area contributed by atoms with E-state index in [4.69, 9.17) is 15.2 Å². The summed E-state index contributed by atoms with van der Waals surface area (Å²) in [5.74, 6) is 1.95. The molecule has 1 heterocycles. The van der Waals surface area contributed by atoms with Crippen molar-refractivity contribution in [3.05, 3.63) is 60.3 Å². The molecule has 0 saturated carbocycles. The number of nitrogens with one attached hydrogen (secondary N) is 2. The first-order chi connectivity index (χ1) is 16.1. The largest absolute Gasteiger partial charge is 0.493 e. The van der Waals surface area contributed by atoms with Crippen LogP contribution in [0.1, 0.15) is 24.8 Å². The van der Waals surface area contributed by atoms with Crippen molar-refractivity contribution in [1.29, 1.82) is 0 Å². The van der Waals surface area contributed by atoms with Gasteiger partial charge in [-0.3, -0.25) is 4.79 Å². The summed E-state index contributed by atoms with van der Waals surface area (Å²) in [6.07, 6.45) is 4.59. The summed E-state index contributed by atoms with van der Waals surface area (Å²) in [6.45, 7) is 1.26. The third-order valence-electron chi connectivity index (χ3n) is 5.10. The van der Waals surface area contributed by atoms with Gasteiger partial charge in [-0.05, 0) is 61.7 Å². The molecule has 0 bridgehead atoms. The fourth-order valence-electron chi connectivity index (χ4n) is 3.37.